The van der Waals surface area contributed by atoms with Gasteiger partial charge in [-0.1, -0.05) is 12.1 Å². The number of benzene rings is 1. The van der Waals surface area contributed by atoms with Crippen molar-refractivity contribution in [1.29, 1.82) is 0 Å². The molecule has 3 rings (SSSR count). The first-order chi connectivity index (χ1) is 10.2. The Labute approximate surface area is 122 Å². The van der Waals surface area contributed by atoms with Crippen LogP contribution in [0.15, 0.2) is 36.5 Å². The molecule has 2 N–H and O–H groups in total. The SMILES string of the molecule is CCOc1cccnc1-c1cccc2nc(C)nc(N)c12. The van der Waals surface area contributed by atoms with E-state index >= 15 is 0 Å². The van der Waals surface area contributed by atoms with Gasteiger partial charge < -0.3 is 10.5 Å². The number of hydrogen-bond acceptors (Lipinski definition) is 5. The van der Waals surface area contributed by atoms with Crippen LogP contribution in [0.3, 0.4) is 0 Å². The van der Waals surface area contributed by atoms with Gasteiger partial charge in [-0.25, -0.2) is 9.97 Å². The summed E-state index contributed by atoms with van der Waals surface area (Å²) in [6, 6.07) is 9.57. The van der Waals surface area contributed by atoms with Gasteiger partial charge in [0.25, 0.3) is 0 Å². The molecule has 106 valence electrons. The third-order valence-corrected chi connectivity index (χ3v) is 3.19. The van der Waals surface area contributed by atoms with Crippen LogP contribution in [-0.4, -0.2) is 21.6 Å². The van der Waals surface area contributed by atoms with Crippen molar-refractivity contribution in [3.8, 4) is 17.0 Å². The van der Waals surface area contributed by atoms with E-state index in [1.54, 1.807) is 6.20 Å². The first-order valence-electron chi connectivity index (χ1n) is 6.81. The van der Waals surface area contributed by atoms with Crippen molar-refractivity contribution < 1.29 is 4.74 Å². The maximum atomic E-state index is 6.10. The zero-order valence-corrected chi connectivity index (χ0v) is 12.0. The lowest BCUT2D eigenvalue weighted by Crippen LogP contribution is -2.00. The van der Waals surface area contributed by atoms with Crippen molar-refractivity contribution in [2.45, 2.75) is 13.8 Å². The first-order valence-corrected chi connectivity index (χ1v) is 6.81. The van der Waals surface area contributed by atoms with Crippen LogP contribution < -0.4 is 10.5 Å². The molecule has 0 amide bonds. The number of hydrogen-bond donors (Lipinski definition) is 1. The number of aryl methyl sites for hydroxylation is 1. The molecular weight excluding hydrogens is 264 g/mol. The van der Waals surface area contributed by atoms with Crippen LogP contribution in [0.25, 0.3) is 22.2 Å². The van der Waals surface area contributed by atoms with E-state index in [2.05, 4.69) is 15.0 Å². The smallest absolute Gasteiger partial charge is 0.145 e. The van der Waals surface area contributed by atoms with E-state index in [0.29, 0.717) is 18.2 Å². The lowest BCUT2D eigenvalue weighted by atomic mass is 10.0. The summed E-state index contributed by atoms with van der Waals surface area (Å²) >= 11 is 0. The fraction of sp³-hybridized carbons (Fsp3) is 0.188. The monoisotopic (exact) mass is 280 g/mol. The van der Waals surface area contributed by atoms with Crippen LogP contribution in [0.1, 0.15) is 12.7 Å². The molecule has 0 spiro atoms. The van der Waals surface area contributed by atoms with Crippen LogP contribution in [0, 0.1) is 6.92 Å². The average molecular weight is 280 g/mol. The summed E-state index contributed by atoms with van der Waals surface area (Å²) in [7, 11) is 0. The second-order valence-corrected chi connectivity index (χ2v) is 4.64. The fourth-order valence-electron chi connectivity index (χ4n) is 2.39. The number of nitrogen functional groups attached to an aromatic ring is 1. The van der Waals surface area contributed by atoms with E-state index in [4.69, 9.17) is 10.5 Å². The standard InChI is InChI=1S/C16H16N4O/c1-3-21-13-8-5-9-18-15(13)11-6-4-7-12-14(11)16(17)20-10(2)19-12/h4-9H,3H2,1-2H3,(H2,17,19,20). The number of ether oxygens (including phenoxy) is 1. The molecule has 0 aliphatic rings. The maximum absolute atomic E-state index is 6.10. The highest BCUT2D eigenvalue weighted by Crippen LogP contribution is 2.34. The van der Waals surface area contributed by atoms with E-state index in [9.17, 15) is 0 Å². The summed E-state index contributed by atoms with van der Waals surface area (Å²) in [6.45, 7) is 4.35. The molecule has 0 aliphatic carbocycles. The number of aromatic nitrogens is 3. The Kier molecular flexibility index (Phi) is 3.39. The van der Waals surface area contributed by atoms with Gasteiger partial charge in [0.15, 0.2) is 0 Å². The predicted octanol–water partition coefficient (Wildman–Crippen LogP) is 2.98. The Bertz CT molecular complexity index is 801. The van der Waals surface area contributed by atoms with Gasteiger partial charge in [0.1, 0.15) is 23.1 Å². The number of anilines is 1. The second kappa shape index (κ2) is 5.36. The number of fused-ring (bicyclic) bond motifs is 1. The van der Waals surface area contributed by atoms with Gasteiger partial charge >= 0.3 is 0 Å². The lowest BCUT2D eigenvalue weighted by molar-refractivity contribution is 0.340. The largest absolute Gasteiger partial charge is 0.492 e. The van der Waals surface area contributed by atoms with Crippen LogP contribution in [0.2, 0.25) is 0 Å². The van der Waals surface area contributed by atoms with Gasteiger partial charge in [-0.05, 0) is 32.0 Å². The zero-order valence-electron chi connectivity index (χ0n) is 12.0. The summed E-state index contributed by atoms with van der Waals surface area (Å²) in [5.74, 6) is 1.84. The first kappa shape index (κ1) is 13.3. The molecule has 21 heavy (non-hydrogen) atoms. The number of rotatable bonds is 3. The molecule has 3 aromatic rings. The molecule has 0 aliphatic heterocycles. The number of nitrogens with zero attached hydrogens (tertiary/aromatic N) is 3. The Morgan fingerprint density at radius 2 is 2.00 bits per heavy atom. The van der Waals surface area contributed by atoms with Gasteiger partial charge in [-0.3, -0.25) is 4.98 Å². The minimum absolute atomic E-state index is 0.459. The van der Waals surface area contributed by atoms with E-state index in [1.807, 2.05) is 44.2 Å². The van der Waals surface area contributed by atoms with E-state index < -0.39 is 0 Å². The lowest BCUT2D eigenvalue weighted by Gasteiger charge is -2.12. The predicted molar refractivity (Wildman–Crippen MR) is 83.1 cm³/mol. The molecule has 0 bridgehead atoms. The van der Waals surface area contributed by atoms with Gasteiger partial charge in [0.2, 0.25) is 0 Å². The summed E-state index contributed by atoms with van der Waals surface area (Å²) in [5, 5.41) is 0.808. The molecule has 5 heteroatoms. The number of pyridine rings is 1. The molecule has 0 fully saturated rings. The van der Waals surface area contributed by atoms with Gasteiger partial charge in [0, 0.05) is 11.8 Å². The minimum Gasteiger partial charge on any atom is -0.492 e. The van der Waals surface area contributed by atoms with Crippen molar-refractivity contribution >= 4 is 16.7 Å². The van der Waals surface area contributed by atoms with Crippen LogP contribution in [0.5, 0.6) is 5.75 Å². The molecule has 5 nitrogen and oxygen atoms in total. The van der Waals surface area contributed by atoms with Crippen molar-refractivity contribution in [2.75, 3.05) is 12.3 Å². The summed E-state index contributed by atoms with van der Waals surface area (Å²) < 4.78 is 5.66. The van der Waals surface area contributed by atoms with E-state index in [-0.39, 0.29) is 0 Å². The highest BCUT2D eigenvalue weighted by Gasteiger charge is 2.14. The third kappa shape index (κ3) is 2.38. The molecule has 2 heterocycles. The molecule has 0 atom stereocenters. The Morgan fingerprint density at radius 3 is 2.81 bits per heavy atom. The molecule has 0 saturated heterocycles. The normalized spacial score (nSPS) is 10.8. The molecule has 2 aromatic heterocycles. The third-order valence-electron chi connectivity index (χ3n) is 3.19. The average Bonchev–Trinajstić information content (AvgIpc) is 2.47. The summed E-state index contributed by atoms with van der Waals surface area (Å²) in [6.07, 6.45) is 1.74. The quantitative estimate of drug-likeness (QED) is 0.798. The van der Waals surface area contributed by atoms with Gasteiger partial charge in [-0.2, -0.15) is 0 Å². The van der Waals surface area contributed by atoms with E-state index in [1.165, 1.54) is 0 Å². The highest BCUT2D eigenvalue weighted by atomic mass is 16.5. The Balaban J connectivity index is 2.31. The second-order valence-electron chi connectivity index (χ2n) is 4.64. The zero-order chi connectivity index (χ0) is 14.8. The maximum Gasteiger partial charge on any atom is 0.145 e. The summed E-state index contributed by atoms with van der Waals surface area (Å²) in [5.41, 5.74) is 8.55. The highest BCUT2D eigenvalue weighted by molar-refractivity contribution is 6.01. The van der Waals surface area contributed by atoms with Gasteiger partial charge in [-0.15, -0.1) is 0 Å². The van der Waals surface area contributed by atoms with Crippen LogP contribution in [-0.2, 0) is 0 Å². The van der Waals surface area contributed by atoms with Crippen molar-refractivity contribution in [3.05, 3.63) is 42.4 Å². The van der Waals surface area contributed by atoms with Gasteiger partial charge in [0.05, 0.1) is 17.5 Å². The fourth-order valence-corrected chi connectivity index (χ4v) is 2.39. The van der Waals surface area contributed by atoms with Crippen LogP contribution in [0.4, 0.5) is 5.82 Å². The topological polar surface area (TPSA) is 73.9 Å². The molecular formula is C16H16N4O. The van der Waals surface area contributed by atoms with Crippen molar-refractivity contribution in [3.63, 3.8) is 0 Å². The number of nitrogens with two attached hydrogens (primary N) is 1. The molecule has 0 unspecified atom stereocenters. The summed E-state index contributed by atoms with van der Waals surface area (Å²) in [4.78, 5) is 13.1. The molecule has 0 radical (unpaired) electrons. The minimum atomic E-state index is 0.459. The Morgan fingerprint density at radius 1 is 1.14 bits per heavy atom. The van der Waals surface area contributed by atoms with Crippen molar-refractivity contribution in [2.24, 2.45) is 0 Å². The van der Waals surface area contributed by atoms with Crippen LogP contribution >= 0.6 is 0 Å². The van der Waals surface area contributed by atoms with Crippen molar-refractivity contribution in [1.82, 2.24) is 15.0 Å². The Hall–Kier alpha value is -2.69. The molecule has 0 saturated carbocycles. The van der Waals surface area contributed by atoms with E-state index in [0.717, 1.165) is 27.9 Å². The molecule has 1 aromatic carbocycles.